The van der Waals surface area contributed by atoms with Gasteiger partial charge in [0.2, 0.25) is 0 Å². The van der Waals surface area contributed by atoms with Gasteiger partial charge in [-0.15, -0.1) is 24.0 Å². The lowest BCUT2D eigenvalue weighted by Crippen LogP contribution is -2.52. The number of rotatable bonds is 4. The first-order chi connectivity index (χ1) is 13.0. The molecule has 0 bridgehead atoms. The first kappa shape index (κ1) is 22.4. The topological polar surface area (TPSA) is 48.7 Å². The van der Waals surface area contributed by atoms with E-state index in [0.29, 0.717) is 11.8 Å². The van der Waals surface area contributed by atoms with Crippen molar-refractivity contribution in [1.82, 2.24) is 19.8 Å². The van der Waals surface area contributed by atoms with Gasteiger partial charge in [0.1, 0.15) is 5.82 Å². The Morgan fingerprint density at radius 3 is 2.57 bits per heavy atom. The molecule has 154 valence electrons. The Labute approximate surface area is 181 Å². The number of imidazole rings is 1. The zero-order chi connectivity index (χ0) is 19.4. The van der Waals surface area contributed by atoms with Crippen molar-refractivity contribution in [3.05, 3.63) is 47.5 Å². The lowest BCUT2D eigenvalue weighted by atomic mass is 10.1. The summed E-state index contributed by atoms with van der Waals surface area (Å²) in [5, 5.41) is 3.15. The van der Waals surface area contributed by atoms with Crippen LogP contribution in [0.3, 0.4) is 0 Å². The van der Waals surface area contributed by atoms with Crippen LogP contribution in [-0.4, -0.2) is 53.6 Å². The third-order valence-corrected chi connectivity index (χ3v) is 5.07. The van der Waals surface area contributed by atoms with E-state index in [1.807, 2.05) is 0 Å². The number of guanidine groups is 1. The van der Waals surface area contributed by atoms with E-state index >= 15 is 0 Å². The molecule has 0 amide bonds. The normalized spacial score (nSPS) is 15.0. The van der Waals surface area contributed by atoms with Crippen LogP contribution in [-0.2, 0) is 6.54 Å². The van der Waals surface area contributed by atoms with Gasteiger partial charge in [0.05, 0.1) is 6.54 Å². The van der Waals surface area contributed by atoms with E-state index in [1.54, 1.807) is 7.05 Å². The van der Waals surface area contributed by atoms with Crippen LogP contribution in [0.2, 0.25) is 0 Å². The minimum atomic E-state index is -2.59. The van der Waals surface area contributed by atoms with Crippen LogP contribution < -0.4 is 10.2 Å². The molecule has 9 heteroatoms. The van der Waals surface area contributed by atoms with Gasteiger partial charge in [0.25, 0.3) is 0 Å². The predicted octanol–water partition coefficient (Wildman–Crippen LogP) is 3.41. The summed E-state index contributed by atoms with van der Waals surface area (Å²) in [6, 6.07) is 6.38. The molecule has 2 aromatic rings. The maximum atomic E-state index is 12.9. The van der Waals surface area contributed by atoms with Gasteiger partial charge in [-0.1, -0.05) is 12.1 Å². The summed E-state index contributed by atoms with van der Waals surface area (Å²) in [6.07, 6.45) is 2.67. The lowest BCUT2D eigenvalue weighted by molar-refractivity contribution is 0.0668. The third-order valence-electron chi connectivity index (χ3n) is 5.07. The third kappa shape index (κ3) is 4.92. The lowest BCUT2D eigenvalue weighted by Gasteiger charge is -2.38. The van der Waals surface area contributed by atoms with Crippen molar-refractivity contribution < 1.29 is 8.78 Å². The van der Waals surface area contributed by atoms with E-state index < -0.39 is 6.55 Å². The fourth-order valence-electron chi connectivity index (χ4n) is 3.39. The fraction of sp³-hybridized carbons (Fsp3) is 0.474. The highest BCUT2D eigenvalue weighted by Gasteiger charge is 2.21. The Morgan fingerprint density at radius 1 is 1.21 bits per heavy atom. The number of piperazine rings is 1. The molecule has 1 saturated heterocycles. The van der Waals surface area contributed by atoms with Crippen molar-refractivity contribution in [3.63, 3.8) is 0 Å². The van der Waals surface area contributed by atoms with Crippen LogP contribution in [0, 0.1) is 13.8 Å². The van der Waals surface area contributed by atoms with Crippen molar-refractivity contribution >= 4 is 35.6 Å². The Hall–Kier alpha value is -1.91. The number of hydrogen-bond donors (Lipinski definition) is 1. The van der Waals surface area contributed by atoms with E-state index in [-0.39, 0.29) is 30.5 Å². The number of aromatic nitrogens is 2. The van der Waals surface area contributed by atoms with Crippen LogP contribution in [0.1, 0.15) is 23.5 Å². The summed E-state index contributed by atoms with van der Waals surface area (Å²) in [6.45, 7) is 5.31. The number of benzene rings is 1. The number of anilines is 1. The van der Waals surface area contributed by atoms with Gasteiger partial charge in [0.15, 0.2) is 5.96 Å². The van der Waals surface area contributed by atoms with E-state index in [4.69, 9.17) is 0 Å². The highest BCUT2D eigenvalue weighted by atomic mass is 127. The Bertz CT molecular complexity index is 799. The van der Waals surface area contributed by atoms with Crippen molar-refractivity contribution in [2.45, 2.75) is 26.9 Å². The Balaban J connectivity index is 0.00000280. The summed E-state index contributed by atoms with van der Waals surface area (Å²) < 4.78 is 26.7. The summed E-state index contributed by atoms with van der Waals surface area (Å²) >= 11 is 0. The molecule has 1 aromatic carbocycles. The average molecular weight is 504 g/mol. The number of aliphatic imine (C=N–C) groups is 1. The smallest absolute Gasteiger partial charge is 0.319 e. The van der Waals surface area contributed by atoms with E-state index in [9.17, 15) is 8.78 Å². The average Bonchev–Trinajstić information content (AvgIpc) is 3.14. The van der Waals surface area contributed by atoms with Crippen LogP contribution in [0.15, 0.2) is 35.6 Å². The first-order valence-corrected chi connectivity index (χ1v) is 9.08. The Morgan fingerprint density at radius 2 is 1.93 bits per heavy atom. The van der Waals surface area contributed by atoms with Gasteiger partial charge in [-0.3, -0.25) is 9.56 Å². The van der Waals surface area contributed by atoms with Crippen molar-refractivity contribution in [2.24, 2.45) is 4.99 Å². The minimum absolute atomic E-state index is 0. The summed E-state index contributed by atoms with van der Waals surface area (Å²) in [7, 11) is 1.71. The molecule has 1 aliphatic heterocycles. The number of alkyl halides is 2. The number of aryl methyl sites for hydroxylation is 1. The quantitative estimate of drug-likeness (QED) is 0.394. The number of hydrogen-bond acceptors (Lipinski definition) is 3. The molecular weight excluding hydrogens is 477 g/mol. The van der Waals surface area contributed by atoms with Crippen LogP contribution in [0.25, 0.3) is 0 Å². The maximum Gasteiger partial charge on any atom is 0.319 e. The molecule has 1 fully saturated rings. The minimum Gasteiger partial charge on any atom is -0.368 e. The molecule has 0 atom stereocenters. The molecule has 28 heavy (non-hydrogen) atoms. The van der Waals surface area contributed by atoms with Gasteiger partial charge in [0, 0.05) is 51.3 Å². The van der Waals surface area contributed by atoms with Gasteiger partial charge in [-0.05, 0) is 31.0 Å². The SMILES string of the molecule is CN=C(NCc1nccn1C(F)F)N1CCN(c2cccc(C)c2C)CC1.I. The second-order valence-corrected chi connectivity index (χ2v) is 6.62. The van der Waals surface area contributed by atoms with E-state index in [1.165, 1.54) is 29.2 Å². The maximum absolute atomic E-state index is 12.9. The molecule has 0 unspecified atom stereocenters. The molecule has 0 aliphatic carbocycles. The monoisotopic (exact) mass is 504 g/mol. The highest BCUT2D eigenvalue weighted by molar-refractivity contribution is 14.0. The second kappa shape index (κ2) is 10.0. The summed E-state index contributed by atoms with van der Waals surface area (Å²) in [5.74, 6) is 1.000. The van der Waals surface area contributed by atoms with Crippen LogP contribution >= 0.6 is 24.0 Å². The zero-order valence-electron chi connectivity index (χ0n) is 16.4. The number of halogens is 3. The van der Waals surface area contributed by atoms with Gasteiger partial charge < -0.3 is 15.1 Å². The number of nitrogens with zero attached hydrogens (tertiary/aromatic N) is 5. The largest absolute Gasteiger partial charge is 0.368 e. The molecule has 0 spiro atoms. The molecular formula is C19H27F2IN6. The van der Waals surface area contributed by atoms with Gasteiger partial charge in [-0.2, -0.15) is 8.78 Å². The second-order valence-electron chi connectivity index (χ2n) is 6.62. The first-order valence-electron chi connectivity index (χ1n) is 9.08. The molecule has 0 radical (unpaired) electrons. The number of nitrogens with one attached hydrogen (secondary N) is 1. The standard InChI is InChI=1S/C19H26F2N6.HI/c1-14-5-4-6-16(15(14)2)25-9-11-26(12-10-25)19(22-3)24-13-17-23-7-8-27(17)18(20)21;/h4-8,18H,9-13H2,1-3H3,(H,22,24);1H. The van der Waals surface area contributed by atoms with Gasteiger partial charge in [-0.25, -0.2) is 4.98 Å². The molecule has 3 rings (SSSR count). The molecule has 0 saturated carbocycles. The summed E-state index contributed by atoms with van der Waals surface area (Å²) in [4.78, 5) is 12.8. The van der Waals surface area contributed by atoms with Crippen LogP contribution in [0.5, 0.6) is 0 Å². The van der Waals surface area contributed by atoms with Crippen LogP contribution in [0.4, 0.5) is 14.5 Å². The van der Waals surface area contributed by atoms with Crippen molar-refractivity contribution in [2.75, 3.05) is 38.1 Å². The predicted molar refractivity (Wildman–Crippen MR) is 119 cm³/mol. The van der Waals surface area contributed by atoms with E-state index in [0.717, 1.165) is 30.7 Å². The highest BCUT2D eigenvalue weighted by Crippen LogP contribution is 2.23. The molecule has 2 heterocycles. The fourth-order valence-corrected chi connectivity index (χ4v) is 3.39. The Kier molecular flexibility index (Phi) is 8.02. The van der Waals surface area contributed by atoms with Crippen molar-refractivity contribution in [3.8, 4) is 0 Å². The molecule has 1 N–H and O–H groups in total. The van der Waals surface area contributed by atoms with E-state index in [2.05, 4.69) is 57.1 Å². The molecule has 1 aromatic heterocycles. The zero-order valence-corrected chi connectivity index (χ0v) is 18.7. The summed E-state index contributed by atoms with van der Waals surface area (Å²) in [5.41, 5.74) is 3.88. The molecule has 6 nitrogen and oxygen atoms in total. The van der Waals surface area contributed by atoms with Crippen molar-refractivity contribution in [1.29, 1.82) is 0 Å². The molecule has 1 aliphatic rings. The van der Waals surface area contributed by atoms with Gasteiger partial charge >= 0.3 is 6.55 Å².